The highest BCUT2D eigenvalue weighted by Crippen LogP contribution is 2.26. The standard InChI is InChI=1S/C25H24FN5OS/c1-17-11-13-20(14-12-17)31-23(15-27-24(32)28-22-10-6-5-9-21(22)26)29-30-25(31)33-16-19-8-4-3-7-18(19)2/h3-14H,15-16H2,1-2H3,(H2,27,28,32). The van der Waals surface area contributed by atoms with Gasteiger partial charge in [-0.25, -0.2) is 9.18 Å². The fourth-order valence-corrected chi connectivity index (χ4v) is 4.31. The number of benzene rings is 3. The van der Waals surface area contributed by atoms with Gasteiger partial charge in [0.15, 0.2) is 11.0 Å². The Morgan fingerprint density at radius 3 is 2.45 bits per heavy atom. The quantitative estimate of drug-likeness (QED) is 0.350. The van der Waals surface area contributed by atoms with Gasteiger partial charge in [-0.05, 0) is 49.2 Å². The number of para-hydroxylation sites is 1. The van der Waals surface area contributed by atoms with E-state index in [0.717, 1.165) is 22.2 Å². The summed E-state index contributed by atoms with van der Waals surface area (Å²) in [5, 5.41) is 14.7. The van der Waals surface area contributed by atoms with Crippen molar-refractivity contribution in [3.05, 3.63) is 101 Å². The number of hydrogen-bond donors (Lipinski definition) is 2. The molecule has 0 aliphatic carbocycles. The van der Waals surface area contributed by atoms with E-state index in [-0.39, 0.29) is 12.2 Å². The summed E-state index contributed by atoms with van der Waals surface area (Å²) in [6.45, 7) is 4.25. The molecule has 2 amide bonds. The molecule has 0 bridgehead atoms. The lowest BCUT2D eigenvalue weighted by Gasteiger charge is -2.12. The molecule has 33 heavy (non-hydrogen) atoms. The lowest BCUT2D eigenvalue weighted by atomic mass is 10.1. The molecule has 3 aromatic carbocycles. The van der Waals surface area contributed by atoms with Gasteiger partial charge in [0.05, 0.1) is 12.2 Å². The summed E-state index contributed by atoms with van der Waals surface area (Å²) in [4.78, 5) is 12.3. The third-order valence-corrected chi connectivity index (χ3v) is 6.12. The fourth-order valence-electron chi connectivity index (χ4n) is 3.26. The molecular weight excluding hydrogens is 437 g/mol. The zero-order valence-corrected chi connectivity index (χ0v) is 19.2. The van der Waals surface area contributed by atoms with Crippen molar-refractivity contribution in [1.82, 2.24) is 20.1 Å². The van der Waals surface area contributed by atoms with Crippen LogP contribution < -0.4 is 10.6 Å². The summed E-state index contributed by atoms with van der Waals surface area (Å²) in [6, 6.07) is 21.8. The summed E-state index contributed by atoms with van der Waals surface area (Å²) < 4.78 is 15.8. The molecule has 4 aromatic rings. The van der Waals surface area contributed by atoms with Crippen LogP contribution in [-0.2, 0) is 12.3 Å². The number of anilines is 1. The number of aromatic nitrogens is 3. The van der Waals surface area contributed by atoms with E-state index in [1.165, 1.54) is 23.3 Å². The molecular formula is C25H24FN5OS. The topological polar surface area (TPSA) is 71.8 Å². The highest BCUT2D eigenvalue weighted by molar-refractivity contribution is 7.98. The molecule has 8 heteroatoms. The monoisotopic (exact) mass is 461 g/mol. The number of rotatable bonds is 7. The van der Waals surface area contributed by atoms with Crippen LogP contribution in [0.15, 0.2) is 78.0 Å². The number of carbonyl (C=O) groups excluding carboxylic acids is 1. The fraction of sp³-hybridized carbons (Fsp3) is 0.160. The Kier molecular flexibility index (Phi) is 7.04. The van der Waals surface area contributed by atoms with Gasteiger partial charge in [0.2, 0.25) is 0 Å². The molecule has 0 spiro atoms. The van der Waals surface area contributed by atoms with Gasteiger partial charge in [0.25, 0.3) is 0 Å². The number of thioether (sulfide) groups is 1. The first kappa shape index (κ1) is 22.5. The van der Waals surface area contributed by atoms with Gasteiger partial charge in [0, 0.05) is 11.4 Å². The number of aryl methyl sites for hydroxylation is 2. The van der Waals surface area contributed by atoms with E-state index < -0.39 is 11.8 Å². The maximum absolute atomic E-state index is 13.8. The molecule has 4 rings (SSSR count). The van der Waals surface area contributed by atoms with Crippen molar-refractivity contribution < 1.29 is 9.18 Å². The Morgan fingerprint density at radius 1 is 0.970 bits per heavy atom. The Labute approximate surface area is 196 Å². The van der Waals surface area contributed by atoms with Crippen LogP contribution in [-0.4, -0.2) is 20.8 Å². The van der Waals surface area contributed by atoms with Crippen LogP contribution in [0.4, 0.5) is 14.9 Å². The van der Waals surface area contributed by atoms with Crippen molar-refractivity contribution in [2.75, 3.05) is 5.32 Å². The largest absolute Gasteiger partial charge is 0.331 e. The lowest BCUT2D eigenvalue weighted by molar-refractivity contribution is 0.251. The summed E-state index contributed by atoms with van der Waals surface area (Å²) in [6.07, 6.45) is 0. The molecule has 1 aromatic heterocycles. The van der Waals surface area contributed by atoms with Gasteiger partial charge >= 0.3 is 6.03 Å². The minimum Gasteiger partial charge on any atom is -0.331 e. The molecule has 0 unspecified atom stereocenters. The second-order valence-electron chi connectivity index (χ2n) is 7.57. The van der Waals surface area contributed by atoms with Crippen molar-refractivity contribution in [3.63, 3.8) is 0 Å². The van der Waals surface area contributed by atoms with Crippen molar-refractivity contribution >= 4 is 23.5 Å². The third-order valence-electron chi connectivity index (χ3n) is 5.14. The Balaban J connectivity index is 1.53. The average Bonchev–Trinajstić information content (AvgIpc) is 3.22. The van der Waals surface area contributed by atoms with Gasteiger partial charge in [-0.3, -0.25) is 4.57 Å². The van der Waals surface area contributed by atoms with Crippen LogP contribution >= 0.6 is 11.8 Å². The van der Waals surface area contributed by atoms with Gasteiger partial charge in [-0.2, -0.15) is 0 Å². The zero-order chi connectivity index (χ0) is 23.2. The summed E-state index contributed by atoms with van der Waals surface area (Å²) in [5.74, 6) is 0.831. The molecule has 0 aliphatic heterocycles. The number of nitrogens with zero attached hydrogens (tertiary/aromatic N) is 3. The smallest absolute Gasteiger partial charge is 0.319 e. The Bertz CT molecular complexity index is 1260. The number of urea groups is 1. The molecule has 2 N–H and O–H groups in total. The lowest BCUT2D eigenvalue weighted by Crippen LogP contribution is -2.29. The van der Waals surface area contributed by atoms with Gasteiger partial charge in [0.1, 0.15) is 5.82 Å². The molecule has 168 valence electrons. The van der Waals surface area contributed by atoms with Crippen molar-refractivity contribution in [3.8, 4) is 5.69 Å². The molecule has 6 nitrogen and oxygen atoms in total. The van der Waals surface area contributed by atoms with E-state index in [2.05, 4.69) is 39.9 Å². The van der Waals surface area contributed by atoms with E-state index >= 15 is 0 Å². The van der Waals surface area contributed by atoms with Crippen LogP contribution in [0.5, 0.6) is 0 Å². The van der Waals surface area contributed by atoms with Crippen LogP contribution in [0.2, 0.25) is 0 Å². The molecule has 0 aliphatic rings. The van der Waals surface area contributed by atoms with Gasteiger partial charge in [-0.1, -0.05) is 65.9 Å². The first-order chi connectivity index (χ1) is 16.0. The number of carbonyl (C=O) groups is 1. The highest BCUT2D eigenvalue weighted by atomic mass is 32.2. The SMILES string of the molecule is Cc1ccc(-n2c(CNC(=O)Nc3ccccc3F)nnc2SCc2ccccc2C)cc1. The maximum Gasteiger partial charge on any atom is 0.319 e. The molecule has 0 radical (unpaired) electrons. The molecule has 0 saturated heterocycles. The van der Waals surface area contributed by atoms with E-state index in [1.54, 1.807) is 23.9 Å². The van der Waals surface area contributed by atoms with E-state index in [0.29, 0.717) is 5.82 Å². The summed E-state index contributed by atoms with van der Waals surface area (Å²) in [5.41, 5.74) is 4.61. The number of nitrogens with one attached hydrogen (secondary N) is 2. The Hall–Kier alpha value is -3.65. The molecule has 1 heterocycles. The molecule has 0 fully saturated rings. The summed E-state index contributed by atoms with van der Waals surface area (Å²) in [7, 11) is 0. The first-order valence-electron chi connectivity index (χ1n) is 10.5. The Morgan fingerprint density at radius 2 is 1.70 bits per heavy atom. The first-order valence-corrected chi connectivity index (χ1v) is 11.5. The van der Waals surface area contributed by atoms with Crippen molar-refractivity contribution in [2.45, 2.75) is 31.3 Å². The van der Waals surface area contributed by atoms with Crippen molar-refractivity contribution in [2.24, 2.45) is 0 Å². The highest BCUT2D eigenvalue weighted by Gasteiger charge is 2.16. The predicted molar refractivity (Wildman–Crippen MR) is 129 cm³/mol. The minimum atomic E-state index is -0.521. The normalized spacial score (nSPS) is 10.8. The number of hydrogen-bond acceptors (Lipinski definition) is 4. The molecule has 0 atom stereocenters. The van der Waals surface area contributed by atoms with E-state index in [1.807, 2.05) is 47.9 Å². The van der Waals surface area contributed by atoms with Crippen LogP contribution in [0.1, 0.15) is 22.5 Å². The van der Waals surface area contributed by atoms with E-state index in [4.69, 9.17) is 0 Å². The second kappa shape index (κ2) is 10.3. The zero-order valence-electron chi connectivity index (χ0n) is 18.4. The van der Waals surface area contributed by atoms with Crippen molar-refractivity contribution in [1.29, 1.82) is 0 Å². The number of amides is 2. The minimum absolute atomic E-state index is 0.115. The van der Waals surface area contributed by atoms with Crippen LogP contribution in [0, 0.1) is 19.7 Å². The average molecular weight is 462 g/mol. The van der Waals surface area contributed by atoms with Gasteiger partial charge in [-0.15, -0.1) is 10.2 Å². The van der Waals surface area contributed by atoms with Crippen LogP contribution in [0.25, 0.3) is 5.69 Å². The molecule has 0 saturated carbocycles. The summed E-state index contributed by atoms with van der Waals surface area (Å²) >= 11 is 1.58. The second-order valence-corrected chi connectivity index (χ2v) is 8.51. The van der Waals surface area contributed by atoms with Crippen LogP contribution in [0.3, 0.4) is 0 Å². The third kappa shape index (κ3) is 5.59. The maximum atomic E-state index is 13.8. The predicted octanol–water partition coefficient (Wildman–Crippen LogP) is 5.64. The van der Waals surface area contributed by atoms with E-state index in [9.17, 15) is 9.18 Å². The number of halogens is 1. The van der Waals surface area contributed by atoms with Gasteiger partial charge < -0.3 is 10.6 Å².